The zero-order valence-electron chi connectivity index (χ0n) is 14.0. The molecule has 136 valence electrons. The lowest BCUT2D eigenvalue weighted by atomic mass is 9.97. The summed E-state index contributed by atoms with van der Waals surface area (Å²) < 4.78 is 40.1. The monoisotopic (exact) mass is 377 g/mol. The van der Waals surface area contributed by atoms with Crippen molar-refractivity contribution in [3.05, 3.63) is 59.9 Å². The topological polar surface area (TPSA) is 31.9 Å². The minimum absolute atomic E-state index is 0.395. The first-order valence-corrected chi connectivity index (χ1v) is 9.31. The number of hydrogen-bond acceptors (Lipinski definition) is 3. The lowest BCUT2D eigenvalue weighted by Gasteiger charge is -2.30. The quantitative estimate of drug-likeness (QED) is 0.615. The van der Waals surface area contributed by atoms with Gasteiger partial charge in [0.15, 0.2) is 0 Å². The van der Waals surface area contributed by atoms with Crippen molar-refractivity contribution in [2.24, 2.45) is 0 Å². The fourth-order valence-corrected chi connectivity index (χ4v) is 4.19. The van der Waals surface area contributed by atoms with Gasteiger partial charge in [0.05, 0.1) is 16.6 Å². The van der Waals surface area contributed by atoms with E-state index in [9.17, 15) is 13.2 Å². The van der Waals surface area contributed by atoms with Crippen LogP contribution in [0.5, 0.6) is 0 Å². The lowest BCUT2D eigenvalue weighted by molar-refractivity contribution is -0.137. The predicted octanol–water partition coefficient (Wildman–Crippen LogP) is 5.47. The van der Waals surface area contributed by atoms with E-state index < -0.39 is 11.7 Å². The molecule has 2 heterocycles. The smallest absolute Gasteiger partial charge is 0.342 e. The van der Waals surface area contributed by atoms with E-state index in [4.69, 9.17) is 4.98 Å². The molecular weight excluding hydrogens is 359 g/mol. The number of nitrogens with zero attached hydrogens (tertiary/aromatic N) is 2. The number of piperidine rings is 1. The number of imidazole rings is 1. The van der Waals surface area contributed by atoms with Gasteiger partial charge in [-0.1, -0.05) is 12.1 Å². The standard InChI is InChI=1S/C19H18F3N3S/c20-19(21,22)14-5-7-15(8-6-14)26-25-11-9-13(10-12-25)18-23-16-3-1-2-4-17(16)24-18/h1-8,13H,9-12H2,(H,23,24). The number of aromatic amines is 1. The van der Waals surface area contributed by atoms with Crippen molar-refractivity contribution in [3.63, 3.8) is 0 Å². The SMILES string of the molecule is FC(F)(F)c1ccc(SN2CCC(c3nc4ccccc4[nH]3)CC2)cc1. The maximum atomic E-state index is 12.6. The molecule has 3 aromatic rings. The first-order valence-electron chi connectivity index (χ1n) is 8.54. The molecule has 0 unspecified atom stereocenters. The molecule has 0 spiro atoms. The molecule has 7 heteroatoms. The molecule has 3 nitrogen and oxygen atoms in total. The molecule has 0 amide bonds. The summed E-state index contributed by atoms with van der Waals surface area (Å²) in [7, 11) is 0. The lowest BCUT2D eigenvalue weighted by Crippen LogP contribution is -2.27. The summed E-state index contributed by atoms with van der Waals surface area (Å²) in [4.78, 5) is 8.93. The third-order valence-corrected chi connectivity index (χ3v) is 5.77. The molecule has 0 bridgehead atoms. The summed E-state index contributed by atoms with van der Waals surface area (Å²) in [6.45, 7) is 1.76. The Morgan fingerprint density at radius 2 is 1.69 bits per heavy atom. The summed E-state index contributed by atoms with van der Waals surface area (Å²) in [6, 6.07) is 13.4. The minimum atomic E-state index is -4.28. The maximum absolute atomic E-state index is 12.6. The van der Waals surface area contributed by atoms with Crippen molar-refractivity contribution in [1.82, 2.24) is 14.3 Å². The Morgan fingerprint density at radius 1 is 1.00 bits per heavy atom. The Labute approximate surface area is 153 Å². The molecular formula is C19H18F3N3S. The number of nitrogens with one attached hydrogen (secondary N) is 1. The number of fused-ring (bicyclic) bond motifs is 1. The number of H-pyrrole nitrogens is 1. The van der Waals surface area contributed by atoms with Crippen LogP contribution < -0.4 is 0 Å². The van der Waals surface area contributed by atoms with Gasteiger partial charge in [0, 0.05) is 23.9 Å². The zero-order valence-corrected chi connectivity index (χ0v) is 14.8. The number of halogens is 3. The molecule has 0 aliphatic carbocycles. The highest BCUT2D eigenvalue weighted by molar-refractivity contribution is 7.97. The van der Waals surface area contributed by atoms with Crippen molar-refractivity contribution in [2.45, 2.75) is 29.8 Å². The normalized spacial score (nSPS) is 17.0. The van der Waals surface area contributed by atoms with Gasteiger partial charge < -0.3 is 4.98 Å². The van der Waals surface area contributed by atoms with Gasteiger partial charge in [-0.25, -0.2) is 9.29 Å². The van der Waals surface area contributed by atoms with E-state index in [2.05, 4.69) is 9.29 Å². The maximum Gasteiger partial charge on any atom is 0.416 e. The number of rotatable bonds is 3. The van der Waals surface area contributed by atoms with Crippen LogP contribution in [0, 0.1) is 0 Å². The fourth-order valence-electron chi connectivity index (χ4n) is 3.24. The fraction of sp³-hybridized carbons (Fsp3) is 0.316. The number of benzene rings is 2. The Hall–Kier alpha value is -1.99. The Morgan fingerprint density at radius 3 is 2.35 bits per heavy atom. The van der Waals surface area contributed by atoms with Crippen LogP contribution in [0.3, 0.4) is 0 Å². The van der Waals surface area contributed by atoms with Crippen molar-refractivity contribution >= 4 is 23.0 Å². The van der Waals surface area contributed by atoms with Gasteiger partial charge in [-0.2, -0.15) is 13.2 Å². The summed E-state index contributed by atoms with van der Waals surface area (Å²) in [5.41, 5.74) is 1.44. The molecule has 1 saturated heterocycles. The molecule has 26 heavy (non-hydrogen) atoms. The average Bonchev–Trinajstić information content (AvgIpc) is 3.06. The van der Waals surface area contributed by atoms with E-state index in [0.29, 0.717) is 5.92 Å². The van der Waals surface area contributed by atoms with Gasteiger partial charge in [0.1, 0.15) is 5.82 Å². The van der Waals surface area contributed by atoms with E-state index in [1.54, 1.807) is 12.1 Å². The molecule has 0 atom stereocenters. The second-order valence-electron chi connectivity index (χ2n) is 6.46. The summed E-state index contributed by atoms with van der Waals surface area (Å²) in [6.07, 6.45) is -2.32. The Balaban J connectivity index is 1.36. The molecule has 2 aromatic carbocycles. The van der Waals surface area contributed by atoms with Gasteiger partial charge in [-0.05, 0) is 61.2 Å². The van der Waals surface area contributed by atoms with Gasteiger partial charge in [0.2, 0.25) is 0 Å². The van der Waals surface area contributed by atoms with Crippen LogP contribution in [-0.2, 0) is 6.18 Å². The van der Waals surface area contributed by atoms with Crippen molar-refractivity contribution < 1.29 is 13.2 Å². The van der Waals surface area contributed by atoms with Crippen LogP contribution in [0.25, 0.3) is 11.0 Å². The van der Waals surface area contributed by atoms with Gasteiger partial charge in [0.25, 0.3) is 0 Å². The number of aromatic nitrogens is 2. The first-order chi connectivity index (χ1) is 12.5. The first kappa shape index (κ1) is 17.4. The molecule has 1 N–H and O–H groups in total. The Kier molecular flexibility index (Phi) is 4.67. The summed E-state index contributed by atoms with van der Waals surface area (Å²) in [5, 5.41) is 0. The van der Waals surface area contributed by atoms with Crippen LogP contribution in [0.15, 0.2) is 53.4 Å². The van der Waals surface area contributed by atoms with E-state index in [1.807, 2.05) is 24.3 Å². The van der Waals surface area contributed by atoms with E-state index in [1.165, 1.54) is 11.9 Å². The van der Waals surface area contributed by atoms with E-state index in [0.717, 1.165) is 59.8 Å². The average molecular weight is 377 g/mol. The number of alkyl halides is 3. The van der Waals surface area contributed by atoms with Crippen LogP contribution in [0.1, 0.15) is 30.1 Å². The number of para-hydroxylation sites is 2. The molecule has 4 rings (SSSR count). The van der Waals surface area contributed by atoms with E-state index >= 15 is 0 Å². The predicted molar refractivity (Wildman–Crippen MR) is 96.9 cm³/mol. The molecule has 1 fully saturated rings. The van der Waals surface area contributed by atoms with Gasteiger partial charge in [-0.3, -0.25) is 0 Å². The molecule has 1 aliphatic rings. The molecule has 1 aromatic heterocycles. The summed E-state index contributed by atoms with van der Waals surface area (Å²) in [5.74, 6) is 1.43. The minimum Gasteiger partial charge on any atom is -0.342 e. The largest absolute Gasteiger partial charge is 0.416 e. The van der Waals surface area contributed by atoms with Crippen molar-refractivity contribution in [1.29, 1.82) is 0 Å². The van der Waals surface area contributed by atoms with Crippen LogP contribution in [-0.4, -0.2) is 27.4 Å². The van der Waals surface area contributed by atoms with Crippen molar-refractivity contribution in [3.8, 4) is 0 Å². The zero-order chi connectivity index (χ0) is 18.1. The molecule has 1 aliphatic heterocycles. The Bertz CT molecular complexity index is 848. The highest BCUT2D eigenvalue weighted by atomic mass is 32.2. The molecule has 0 radical (unpaired) electrons. The second-order valence-corrected chi connectivity index (χ2v) is 7.63. The van der Waals surface area contributed by atoms with Crippen LogP contribution in [0.4, 0.5) is 13.2 Å². The van der Waals surface area contributed by atoms with Crippen LogP contribution >= 0.6 is 11.9 Å². The summed E-state index contributed by atoms with van der Waals surface area (Å²) >= 11 is 1.52. The highest BCUT2D eigenvalue weighted by Gasteiger charge is 2.30. The second kappa shape index (κ2) is 6.96. The van der Waals surface area contributed by atoms with Crippen LogP contribution in [0.2, 0.25) is 0 Å². The van der Waals surface area contributed by atoms with E-state index in [-0.39, 0.29) is 0 Å². The molecule has 0 saturated carbocycles. The van der Waals surface area contributed by atoms with Crippen molar-refractivity contribution in [2.75, 3.05) is 13.1 Å². The third kappa shape index (κ3) is 3.73. The number of hydrogen-bond donors (Lipinski definition) is 1. The van der Waals surface area contributed by atoms with Gasteiger partial charge in [-0.15, -0.1) is 0 Å². The van der Waals surface area contributed by atoms with Gasteiger partial charge >= 0.3 is 6.18 Å². The third-order valence-electron chi connectivity index (χ3n) is 4.66. The highest BCUT2D eigenvalue weighted by Crippen LogP contribution is 2.34.